The van der Waals surface area contributed by atoms with Crippen LogP contribution in [0.5, 0.6) is 0 Å². The molecule has 0 amide bonds. The molecule has 0 bridgehead atoms. The molecule has 0 saturated heterocycles. The highest BCUT2D eigenvalue weighted by Gasteiger charge is 1.90. The smallest absolute Gasteiger partial charge is 0.189 e. The lowest BCUT2D eigenvalue weighted by Crippen LogP contribution is -2.12. The van der Waals surface area contributed by atoms with Gasteiger partial charge in [0.25, 0.3) is 0 Å². The van der Waals surface area contributed by atoms with Gasteiger partial charge in [-0.25, -0.2) is 0 Å². The van der Waals surface area contributed by atoms with E-state index in [0.717, 1.165) is 0 Å². The van der Waals surface area contributed by atoms with Crippen LogP contribution in [-0.2, 0) is 4.43 Å². The highest BCUT2D eigenvalue weighted by Crippen LogP contribution is 1.71. The van der Waals surface area contributed by atoms with Gasteiger partial charge in [0, 0.05) is 7.11 Å². The Morgan fingerprint density at radius 3 is 2.33 bits per heavy atom. The second kappa shape index (κ2) is 3.33. The Kier molecular flexibility index (Phi) is 3.41. The quantitative estimate of drug-likeness (QED) is 0.460. The van der Waals surface area contributed by atoms with E-state index in [1.807, 2.05) is 0 Å². The van der Waals surface area contributed by atoms with Gasteiger partial charge in [0.15, 0.2) is 9.76 Å². The number of hydrogen-bond donors (Lipinski definition) is 1. The summed E-state index contributed by atoms with van der Waals surface area (Å²) in [6.07, 6.45) is 0. The summed E-state index contributed by atoms with van der Waals surface area (Å²) in [5.74, 6) is 0. The first-order valence-electron chi connectivity index (χ1n) is 1.94. The Labute approximate surface area is 40.1 Å². The summed E-state index contributed by atoms with van der Waals surface area (Å²) >= 11 is 0. The molecular weight excluding hydrogens is 96.1 g/mol. The van der Waals surface area contributed by atoms with Gasteiger partial charge in [-0.15, -0.1) is 0 Å². The van der Waals surface area contributed by atoms with E-state index in [2.05, 4.69) is 0 Å². The van der Waals surface area contributed by atoms with Crippen LogP contribution in [0.2, 0.25) is 0 Å². The normalized spacial score (nSPS) is 16.5. The first kappa shape index (κ1) is 6.14. The van der Waals surface area contributed by atoms with Crippen molar-refractivity contribution in [1.29, 1.82) is 0 Å². The van der Waals surface area contributed by atoms with Crippen LogP contribution in [0.25, 0.3) is 0 Å². The lowest BCUT2D eigenvalue weighted by Gasteiger charge is -1.95. The lowest BCUT2D eigenvalue weighted by molar-refractivity contribution is 0.247. The van der Waals surface area contributed by atoms with Crippen LogP contribution in [0.15, 0.2) is 0 Å². The van der Waals surface area contributed by atoms with E-state index in [4.69, 9.17) is 9.53 Å². The summed E-state index contributed by atoms with van der Waals surface area (Å²) in [4.78, 5) is 0. The molecule has 0 aromatic carbocycles. The molecule has 0 radical (unpaired) electrons. The molecule has 0 aliphatic rings. The van der Waals surface area contributed by atoms with Gasteiger partial charge in [-0.2, -0.15) is 0 Å². The molecule has 0 rings (SSSR count). The third-order valence-corrected chi connectivity index (χ3v) is 1.22. The summed E-state index contributed by atoms with van der Waals surface area (Å²) in [5.41, 5.74) is -0.185. The molecule has 0 heterocycles. The van der Waals surface area contributed by atoms with Crippen molar-refractivity contribution in [2.45, 2.75) is 12.7 Å². The van der Waals surface area contributed by atoms with E-state index < -0.39 is 9.76 Å². The van der Waals surface area contributed by atoms with Crippen molar-refractivity contribution in [1.82, 2.24) is 0 Å². The van der Waals surface area contributed by atoms with Gasteiger partial charge < -0.3 is 9.53 Å². The van der Waals surface area contributed by atoms with E-state index in [1.54, 1.807) is 14.0 Å². The average molecular weight is 106 g/mol. The molecule has 1 atom stereocenters. The molecule has 0 aromatic heterocycles. The van der Waals surface area contributed by atoms with E-state index in [1.165, 1.54) is 0 Å². The standard InChI is InChI=1S/C3H10O2Si/c1-3(4)6-5-2/h3-4H,6H2,1-2H3. The zero-order valence-electron chi connectivity index (χ0n) is 4.14. The van der Waals surface area contributed by atoms with Gasteiger partial charge in [-0.05, 0) is 6.92 Å². The Balaban J connectivity index is 2.63. The summed E-state index contributed by atoms with van der Waals surface area (Å²) in [5, 5.41) is 8.49. The highest BCUT2D eigenvalue weighted by atomic mass is 28.2. The third-order valence-electron chi connectivity index (χ3n) is 0.408. The van der Waals surface area contributed by atoms with Crippen molar-refractivity contribution < 1.29 is 9.53 Å². The maximum absolute atomic E-state index is 8.49. The SMILES string of the molecule is CO[SiH2]C(C)O. The van der Waals surface area contributed by atoms with Crippen LogP contribution in [0, 0.1) is 0 Å². The maximum Gasteiger partial charge on any atom is 0.189 e. The van der Waals surface area contributed by atoms with Crippen molar-refractivity contribution in [2.75, 3.05) is 7.11 Å². The molecule has 0 aliphatic carbocycles. The van der Waals surface area contributed by atoms with Gasteiger partial charge >= 0.3 is 0 Å². The molecule has 0 aliphatic heterocycles. The topological polar surface area (TPSA) is 29.5 Å². The average Bonchev–Trinajstić information content (AvgIpc) is 1.35. The van der Waals surface area contributed by atoms with E-state index in [-0.39, 0.29) is 5.73 Å². The fourth-order valence-corrected chi connectivity index (χ4v) is 0.724. The van der Waals surface area contributed by atoms with Gasteiger partial charge in [0.1, 0.15) is 0 Å². The van der Waals surface area contributed by atoms with Crippen molar-refractivity contribution in [3.05, 3.63) is 0 Å². The Morgan fingerprint density at radius 1 is 1.83 bits per heavy atom. The maximum atomic E-state index is 8.49. The molecular formula is C3H10O2Si. The number of hydrogen-bond acceptors (Lipinski definition) is 2. The number of aliphatic hydroxyl groups is 1. The molecule has 38 valence electrons. The monoisotopic (exact) mass is 106 g/mol. The molecule has 2 nitrogen and oxygen atoms in total. The molecule has 0 saturated carbocycles. The molecule has 3 heteroatoms. The van der Waals surface area contributed by atoms with Crippen molar-refractivity contribution >= 4 is 9.76 Å². The van der Waals surface area contributed by atoms with Crippen LogP contribution >= 0.6 is 0 Å². The fourth-order valence-electron chi connectivity index (χ4n) is 0.241. The Morgan fingerprint density at radius 2 is 2.33 bits per heavy atom. The third kappa shape index (κ3) is 4.14. The van der Waals surface area contributed by atoms with E-state index in [0.29, 0.717) is 0 Å². The van der Waals surface area contributed by atoms with Crippen LogP contribution < -0.4 is 0 Å². The van der Waals surface area contributed by atoms with Gasteiger partial charge in [0.2, 0.25) is 0 Å². The van der Waals surface area contributed by atoms with Crippen molar-refractivity contribution in [3.63, 3.8) is 0 Å². The number of rotatable bonds is 2. The largest absolute Gasteiger partial charge is 0.425 e. The summed E-state index contributed by atoms with van der Waals surface area (Å²) < 4.78 is 4.69. The highest BCUT2D eigenvalue weighted by molar-refractivity contribution is 6.28. The summed E-state index contributed by atoms with van der Waals surface area (Å²) in [7, 11) is 1.04. The second-order valence-electron chi connectivity index (χ2n) is 1.30. The van der Waals surface area contributed by atoms with E-state index in [9.17, 15) is 0 Å². The zero-order chi connectivity index (χ0) is 4.99. The lowest BCUT2D eigenvalue weighted by atomic mass is 10.9. The van der Waals surface area contributed by atoms with Crippen LogP contribution in [-0.4, -0.2) is 27.7 Å². The van der Waals surface area contributed by atoms with Gasteiger partial charge in [-0.3, -0.25) is 0 Å². The molecule has 0 spiro atoms. The second-order valence-corrected chi connectivity index (χ2v) is 3.40. The van der Waals surface area contributed by atoms with E-state index >= 15 is 0 Å². The van der Waals surface area contributed by atoms with Crippen molar-refractivity contribution in [3.8, 4) is 0 Å². The molecule has 0 aromatic rings. The minimum Gasteiger partial charge on any atom is -0.425 e. The fraction of sp³-hybridized carbons (Fsp3) is 1.00. The summed E-state index contributed by atoms with van der Waals surface area (Å²) in [6, 6.07) is 0. The first-order chi connectivity index (χ1) is 2.77. The van der Waals surface area contributed by atoms with Crippen LogP contribution in [0.4, 0.5) is 0 Å². The summed E-state index contributed by atoms with van der Waals surface area (Å²) in [6.45, 7) is 1.75. The Hall–Kier alpha value is 0.137. The molecule has 0 fully saturated rings. The van der Waals surface area contributed by atoms with Crippen LogP contribution in [0.3, 0.4) is 0 Å². The van der Waals surface area contributed by atoms with Crippen molar-refractivity contribution in [2.24, 2.45) is 0 Å². The van der Waals surface area contributed by atoms with Gasteiger partial charge in [-0.1, -0.05) is 0 Å². The molecule has 6 heavy (non-hydrogen) atoms. The number of aliphatic hydroxyl groups excluding tert-OH is 1. The predicted octanol–water partition coefficient (Wildman–Crippen LogP) is -0.945. The minimum atomic E-state index is -0.588. The van der Waals surface area contributed by atoms with Gasteiger partial charge in [0.05, 0.1) is 5.73 Å². The minimum absolute atomic E-state index is 0.185. The first-order valence-corrected chi connectivity index (χ1v) is 3.33. The molecule has 1 N–H and O–H groups in total. The Bertz CT molecular complexity index is 30.0. The van der Waals surface area contributed by atoms with Crippen LogP contribution in [0.1, 0.15) is 6.92 Å². The molecule has 1 unspecified atom stereocenters. The zero-order valence-corrected chi connectivity index (χ0v) is 5.55. The predicted molar refractivity (Wildman–Crippen MR) is 27.2 cm³/mol.